The van der Waals surface area contributed by atoms with Gasteiger partial charge in [-0.05, 0) is 50.1 Å². The molecule has 0 unspecified atom stereocenters. The van der Waals surface area contributed by atoms with E-state index in [1.165, 1.54) is 17.0 Å². The van der Waals surface area contributed by atoms with Crippen molar-refractivity contribution >= 4 is 73.9 Å². The van der Waals surface area contributed by atoms with Crippen molar-refractivity contribution in [3.63, 3.8) is 0 Å². The summed E-state index contributed by atoms with van der Waals surface area (Å²) in [6, 6.07) is 17.8. The highest BCUT2D eigenvalue weighted by atomic mass is 35.5. The smallest absolute Gasteiger partial charge is 0.244 e. The van der Waals surface area contributed by atoms with Crippen LogP contribution < -0.4 is 9.62 Å². The lowest BCUT2D eigenvalue weighted by Crippen LogP contribution is -2.56. The van der Waals surface area contributed by atoms with Crippen molar-refractivity contribution in [2.45, 2.75) is 45.3 Å². The highest BCUT2D eigenvalue weighted by molar-refractivity contribution is 7.92. The van der Waals surface area contributed by atoms with Crippen LogP contribution in [0.1, 0.15) is 31.9 Å². The Balaban J connectivity index is 2.13. The minimum Gasteiger partial charge on any atom is -0.350 e. The van der Waals surface area contributed by atoms with Crippen molar-refractivity contribution in [2.75, 3.05) is 17.1 Å². The zero-order chi connectivity index (χ0) is 30.5. The lowest BCUT2D eigenvalue weighted by atomic mass is 10.0. The molecule has 12 heteroatoms. The minimum absolute atomic E-state index is 0.0124. The van der Waals surface area contributed by atoms with E-state index >= 15 is 0 Å². The first-order valence-corrected chi connectivity index (χ1v) is 15.9. The van der Waals surface area contributed by atoms with Gasteiger partial charge in [0.25, 0.3) is 0 Å². The maximum absolute atomic E-state index is 14.1. The predicted octanol–water partition coefficient (Wildman–Crippen LogP) is 6.62. The molecule has 220 valence electrons. The molecule has 2 amide bonds. The fourth-order valence-corrected chi connectivity index (χ4v) is 5.86. The van der Waals surface area contributed by atoms with Gasteiger partial charge >= 0.3 is 0 Å². The van der Waals surface area contributed by atoms with Gasteiger partial charge in [0.05, 0.1) is 27.0 Å². The molecule has 3 aromatic carbocycles. The first-order chi connectivity index (χ1) is 19.1. The second-order valence-corrected chi connectivity index (χ2v) is 14.1. The molecular formula is C29H31Cl4N3O4S. The normalized spacial score (nSPS) is 12.5. The summed E-state index contributed by atoms with van der Waals surface area (Å²) < 4.78 is 26.8. The van der Waals surface area contributed by atoms with Crippen LogP contribution in [0.5, 0.6) is 0 Å². The molecule has 0 radical (unpaired) electrons. The number of benzene rings is 3. The van der Waals surface area contributed by atoms with Gasteiger partial charge in [-0.2, -0.15) is 0 Å². The van der Waals surface area contributed by atoms with Gasteiger partial charge in [0.2, 0.25) is 21.8 Å². The van der Waals surface area contributed by atoms with Gasteiger partial charge in [-0.1, -0.05) is 94.9 Å². The molecule has 0 fully saturated rings. The number of nitrogens with one attached hydrogen (secondary N) is 1. The summed E-state index contributed by atoms with van der Waals surface area (Å²) in [6.45, 7) is 4.79. The molecule has 0 aromatic heterocycles. The molecular weight excluding hydrogens is 628 g/mol. The molecule has 3 rings (SSSR count). The largest absolute Gasteiger partial charge is 0.350 e. The number of nitrogens with zero attached hydrogens (tertiary/aromatic N) is 2. The molecule has 0 spiro atoms. The second-order valence-electron chi connectivity index (χ2n) is 10.5. The monoisotopic (exact) mass is 657 g/mol. The molecule has 0 saturated carbocycles. The van der Waals surface area contributed by atoms with E-state index in [-0.39, 0.29) is 33.7 Å². The van der Waals surface area contributed by atoms with Crippen molar-refractivity contribution in [3.8, 4) is 0 Å². The van der Waals surface area contributed by atoms with E-state index in [0.29, 0.717) is 10.6 Å². The zero-order valence-corrected chi connectivity index (χ0v) is 26.8. The van der Waals surface area contributed by atoms with Crippen LogP contribution in [-0.4, -0.2) is 49.5 Å². The van der Waals surface area contributed by atoms with E-state index < -0.39 is 40.0 Å². The summed E-state index contributed by atoms with van der Waals surface area (Å²) in [5.41, 5.74) is 0.777. The Morgan fingerprint density at radius 2 is 1.44 bits per heavy atom. The molecule has 7 nitrogen and oxygen atoms in total. The number of anilines is 1. The number of rotatable bonds is 10. The van der Waals surface area contributed by atoms with Gasteiger partial charge in [-0.25, -0.2) is 8.42 Å². The number of amides is 2. The summed E-state index contributed by atoms with van der Waals surface area (Å²) in [7, 11) is -4.04. The molecule has 0 aliphatic carbocycles. The second kappa shape index (κ2) is 13.7. The van der Waals surface area contributed by atoms with Gasteiger partial charge in [0, 0.05) is 23.5 Å². The lowest BCUT2D eigenvalue weighted by molar-refractivity contribution is -0.140. The molecule has 3 aromatic rings. The fourth-order valence-electron chi connectivity index (χ4n) is 4.11. The number of carbonyl (C=O) groups is 2. The van der Waals surface area contributed by atoms with Crippen molar-refractivity contribution < 1.29 is 18.0 Å². The van der Waals surface area contributed by atoms with E-state index in [1.54, 1.807) is 24.3 Å². The summed E-state index contributed by atoms with van der Waals surface area (Å²) in [4.78, 5) is 29.2. The molecule has 1 N–H and O–H groups in total. The topological polar surface area (TPSA) is 86.8 Å². The van der Waals surface area contributed by atoms with Gasteiger partial charge in [-0.15, -0.1) is 0 Å². The number of hydrogen-bond donors (Lipinski definition) is 1. The van der Waals surface area contributed by atoms with Crippen LogP contribution >= 0.6 is 46.4 Å². The Kier molecular flexibility index (Phi) is 11.0. The molecule has 0 bridgehead atoms. The van der Waals surface area contributed by atoms with E-state index in [2.05, 4.69) is 5.32 Å². The highest BCUT2D eigenvalue weighted by Gasteiger charge is 2.35. The first kappa shape index (κ1) is 33.0. The third-order valence-electron chi connectivity index (χ3n) is 6.01. The first-order valence-electron chi connectivity index (χ1n) is 12.6. The van der Waals surface area contributed by atoms with Crippen LogP contribution in [-0.2, 0) is 32.6 Å². The Labute approximate surface area is 261 Å². The third kappa shape index (κ3) is 9.25. The quantitative estimate of drug-likeness (QED) is 0.248. The van der Waals surface area contributed by atoms with Crippen molar-refractivity contribution in [1.29, 1.82) is 0 Å². The Morgan fingerprint density at radius 3 is 2.02 bits per heavy atom. The van der Waals surface area contributed by atoms with Gasteiger partial charge < -0.3 is 10.2 Å². The SMILES string of the molecule is CC(C)(C)NC(=O)[C@@H](Cc1ccccc1)N(Cc1ccccc1Cl)C(=O)CN(c1cc(Cl)c(Cl)cc1Cl)S(C)(=O)=O. The van der Waals surface area contributed by atoms with Crippen LogP contribution in [0.15, 0.2) is 66.7 Å². The number of hydrogen-bond acceptors (Lipinski definition) is 4. The third-order valence-corrected chi connectivity index (χ3v) is 8.53. The lowest BCUT2D eigenvalue weighted by Gasteiger charge is -2.35. The Bertz CT molecular complexity index is 1510. The Hall–Kier alpha value is -2.49. The van der Waals surface area contributed by atoms with Crippen LogP contribution in [0.25, 0.3) is 0 Å². The van der Waals surface area contributed by atoms with Gasteiger partial charge in [0.15, 0.2) is 0 Å². The summed E-state index contributed by atoms with van der Waals surface area (Å²) in [6.07, 6.45) is 1.12. The number of sulfonamides is 1. The predicted molar refractivity (Wildman–Crippen MR) is 167 cm³/mol. The standard InChI is InChI=1S/C29H31Cl4N3O4S/c1-29(2,3)34-28(38)26(14-19-10-6-5-7-11-19)35(17-20-12-8-9-13-21(20)30)27(37)18-36(41(4,39)40)25-16-23(32)22(31)15-24(25)33/h5-13,15-16,26H,14,17-18H2,1-4H3,(H,34,38)/t26-/m1/s1. The van der Waals surface area contributed by atoms with Crippen LogP contribution in [0.3, 0.4) is 0 Å². The fraction of sp³-hybridized carbons (Fsp3) is 0.310. The highest BCUT2D eigenvalue weighted by Crippen LogP contribution is 2.36. The summed E-state index contributed by atoms with van der Waals surface area (Å²) >= 11 is 25.0. The molecule has 0 saturated heterocycles. The minimum atomic E-state index is -4.04. The molecule has 0 aliphatic rings. The average Bonchev–Trinajstić information content (AvgIpc) is 2.87. The van der Waals surface area contributed by atoms with Crippen LogP contribution in [0.4, 0.5) is 5.69 Å². The Morgan fingerprint density at radius 1 is 0.854 bits per heavy atom. The van der Waals surface area contributed by atoms with Crippen molar-refractivity contribution in [1.82, 2.24) is 10.2 Å². The van der Waals surface area contributed by atoms with E-state index in [0.717, 1.165) is 16.1 Å². The maximum Gasteiger partial charge on any atom is 0.244 e. The van der Waals surface area contributed by atoms with Gasteiger partial charge in [0.1, 0.15) is 12.6 Å². The molecule has 41 heavy (non-hydrogen) atoms. The molecule has 0 heterocycles. The maximum atomic E-state index is 14.1. The van der Waals surface area contributed by atoms with E-state index in [4.69, 9.17) is 46.4 Å². The van der Waals surface area contributed by atoms with Gasteiger partial charge in [-0.3, -0.25) is 13.9 Å². The van der Waals surface area contributed by atoms with Crippen LogP contribution in [0.2, 0.25) is 20.1 Å². The summed E-state index contributed by atoms with van der Waals surface area (Å²) in [5, 5.41) is 3.53. The molecule has 0 aliphatic heterocycles. The summed E-state index contributed by atoms with van der Waals surface area (Å²) in [5.74, 6) is -1.05. The van der Waals surface area contributed by atoms with Crippen LogP contribution in [0, 0.1) is 0 Å². The van der Waals surface area contributed by atoms with Crippen molar-refractivity contribution in [3.05, 3.63) is 97.9 Å². The number of carbonyl (C=O) groups excluding carboxylic acids is 2. The zero-order valence-electron chi connectivity index (χ0n) is 23.0. The van der Waals surface area contributed by atoms with Crippen molar-refractivity contribution in [2.24, 2.45) is 0 Å². The van der Waals surface area contributed by atoms with E-state index in [1.807, 2.05) is 51.1 Å². The number of halogens is 4. The molecule has 1 atom stereocenters. The van der Waals surface area contributed by atoms with E-state index in [9.17, 15) is 18.0 Å². The average molecular weight is 659 g/mol.